The zero-order valence-electron chi connectivity index (χ0n) is 13.5. The molecule has 3 nitrogen and oxygen atoms in total. The SMILES string of the molecule is C=CCN(C(=O)C(F)(OC(F)(F)C(F)C(F)(F)F)C(F)(F)F)c1ccccc1. The molecule has 1 aromatic rings. The second-order valence-corrected chi connectivity index (χ2v) is 5.20. The lowest BCUT2D eigenvalue weighted by Gasteiger charge is -2.35. The highest BCUT2D eigenvalue weighted by Crippen LogP contribution is 2.45. The van der Waals surface area contributed by atoms with Crippen LogP contribution in [-0.2, 0) is 9.53 Å². The Morgan fingerprint density at radius 2 is 1.54 bits per heavy atom. The Bertz CT molecular complexity index is 688. The first-order valence-corrected chi connectivity index (χ1v) is 7.10. The van der Waals surface area contributed by atoms with Crippen LogP contribution in [-0.4, -0.2) is 42.9 Å². The predicted octanol–water partition coefficient (Wildman–Crippen LogP) is 4.94. The molecule has 1 amide bonds. The molecule has 0 aliphatic carbocycles. The van der Waals surface area contributed by atoms with E-state index in [0.717, 1.165) is 18.2 Å². The maximum atomic E-state index is 14.4. The Morgan fingerprint density at radius 3 is 1.93 bits per heavy atom. The largest absolute Gasteiger partial charge is 0.458 e. The van der Waals surface area contributed by atoms with Crippen LogP contribution in [0.3, 0.4) is 0 Å². The fourth-order valence-electron chi connectivity index (χ4n) is 1.87. The number of carbonyl (C=O) groups excluding carboxylic acids is 1. The van der Waals surface area contributed by atoms with Crippen LogP contribution in [0.15, 0.2) is 43.0 Å². The lowest BCUT2D eigenvalue weighted by atomic mass is 10.2. The summed E-state index contributed by atoms with van der Waals surface area (Å²) in [5.41, 5.74) is -0.446. The van der Waals surface area contributed by atoms with Gasteiger partial charge in [0.15, 0.2) is 0 Å². The molecule has 0 heterocycles. The lowest BCUT2D eigenvalue weighted by Crippen LogP contribution is -2.61. The summed E-state index contributed by atoms with van der Waals surface area (Å²) in [6, 6.07) is 5.66. The Labute approximate surface area is 151 Å². The molecular weight excluding hydrogens is 416 g/mol. The van der Waals surface area contributed by atoms with E-state index in [1.54, 1.807) is 0 Å². The van der Waals surface area contributed by atoms with E-state index in [9.17, 15) is 48.7 Å². The number of rotatable bonds is 7. The number of anilines is 1. The minimum atomic E-state index is -6.58. The van der Waals surface area contributed by atoms with Gasteiger partial charge in [-0.25, -0.2) is 4.39 Å². The van der Waals surface area contributed by atoms with Crippen molar-refractivity contribution < 1.29 is 53.4 Å². The molecule has 0 saturated carbocycles. The average molecular weight is 427 g/mol. The Kier molecular flexibility index (Phi) is 6.76. The third kappa shape index (κ3) is 4.94. The van der Waals surface area contributed by atoms with Crippen LogP contribution in [0.5, 0.6) is 0 Å². The van der Waals surface area contributed by atoms with Crippen molar-refractivity contribution in [2.24, 2.45) is 0 Å². The van der Waals surface area contributed by atoms with Crippen LogP contribution in [0.25, 0.3) is 0 Å². The zero-order chi connectivity index (χ0) is 22.0. The lowest BCUT2D eigenvalue weighted by molar-refractivity contribution is -0.423. The smallest absolute Gasteiger partial charge is 0.303 e. The first-order chi connectivity index (χ1) is 12.6. The van der Waals surface area contributed by atoms with E-state index in [0.29, 0.717) is 0 Å². The van der Waals surface area contributed by atoms with Gasteiger partial charge in [0.2, 0.25) is 0 Å². The van der Waals surface area contributed by atoms with Crippen molar-refractivity contribution in [2.75, 3.05) is 11.4 Å². The van der Waals surface area contributed by atoms with Crippen LogP contribution in [0.2, 0.25) is 0 Å². The third-order valence-corrected chi connectivity index (χ3v) is 3.12. The number of benzene rings is 1. The number of amides is 1. The Balaban J connectivity index is 3.43. The zero-order valence-corrected chi connectivity index (χ0v) is 13.5. The van der Waals surface area contributed by atoms with E-state index >= 15 is 0 Å². The molecule has 0 radical (unpaired) electrons. The fraction of sp³-hybridized carbons (Fsp3) is 0.400. The molecule has 2 atom stereocenters. The molecule has 0 aromatic heterocycles. The maximum absolute atomic E-state index is 14.4. The number of hydrogen-bond donors (Lipinski definition) is 0. The van der Waals surface area contributed by atoms with Gasteiger partial charge in [-0.05, 0) is 12.1 Å². The second-order valence-electron chi connectivity index (χ2n) is 5.20. The Morgan fingerprint density at radius 1 is 1.04 bits per heavy atom. The maximum Gasteiger partial charge on any atom is 0.458 e. The number of carbonyl (C=O) groups is 1. The summed E-state index contributed by atoms with van der Waals surface area (Å²) in [4.78, 5) is 12.0. The highest BCUT2D eigenvalue weighted by atomic mass is 19.4. The molecule has 1 aromatic carbocycles. The second kappa shape index (κ2) is 7.97. The highest BCUT2D eigenvalue weighted by molar-refractivity contribution is 5.99. The van der Waals surface area contributed by atoms with Crippen molar-refractivity contribution in [3.63, 3.8) is 0 Å². The summed E-state index contributed by atoms with van der Waals surface area (Å²) in [5.74, 6) is -8.84. The molecule has 28 heavy (non-hydrogen) atoms. The molecule has 13 heteroatoms. The average Bonchev–Trinajstić information content (AvgIpc) is 2.57. The third-order valence-electron chi connectivity index (χ3n) is 3.12. The van der Waals surface area contributed by atoms with Gasteiger partial charge in [0.1, 0.15) is 0 Å². The molecule has 2 unspecified atom stereocenters. The van der Waals surface area contributed by atoms with Crippen molar-refractivity contribution >= 4 is 11.6 Å². The van der Waals surface area contributed by atoms with Crippen molar-refractivity contribution in [2.45, 2.75) is 30.5 Å². The topological polar surface area (TPSA) is 29.5 Å². The van der Waals surface area contributed by atoms with Crippen molar-refractivity contribution in [3.05, 3.63) is 43.0 Å². The first-order valence-electron chi connectivity index (χ1n) is 7.10. The number of hydrogen-bond acceptors (Lipinski definition) is 2. The van der Waals surface area contributed by atoms with Gasteiger partial charge in [-0.2, -0.15) is 39.5 Å². The standard InChI is InChI=1S/C15H11F10NO2/c1-2-8-26(9-6-4-3-5-7-9)11(27)12(17,15(23,24)25)28-14(21,22)10(16)13(18,19)20/h2-7,10H,1,8H2. The molecule has 0 bridgehead atoms. The molecule has 0 fully saturated rings. The summed E-state index contributed by atoms with van der Waals surface area (Å²) >= 11 is 0. The van der Waals surface area contributed by atoms with Crippen LogP contribution >= 0.6 is 0 Å². The summed E-state index contributed by atoms with van der Waals surface area (Å²) < 4.78 is 132. The van der Waals surface area contributed by atoms with Gasteiger partial charge >= 0.3 is 30.2 Å². The summed E-state index contributed by atoms with van der Waals surface area (Å²) in [6.45, 7) is 2.23. The number of alkyl halides is 10. The van der Waals surface area contributed by atoms with Crippen LogP contribution in [0.1, 0.15) is 0 Å². The van der Waals surface area contributed by atoms with Crippen molar-refractivity contribution in [1.29, 1.82) is 0 Å². The fourth-order valence-corrected chi connectivity index (χ4v) is 1.87. The molecular formula is C15H11F10NO2. The molecule has 0 saturated heterocycles. The van der Waals surface area contributed by atoms with E-state index in [1.165, 1.54) is 18.2 Å². The highest BCUT2D eigenvalue weighted by Gasteiger charge is 2.72. The van der Waals surface area contributed by atoms with E-state index in [2.05, 4.69) is 11.3 Å². The van der Waals surface area contributed by atoms with E-state index in [-0.39, 0.29) is 4.90 Å². The van der Waals surface area contributed by atoms with Gasteiger partial charge in [-0.15, -0.1) is 6.58 Å². The van der Waals surface area contributed by atoms with Crippen LogP contribution in [0, 0.1) is 0 Å². The van der Waals surface area contributed by atoms with Crippen molar-refractivity contribution in [1.82, 2.24) is 0 Å². The normalized spacial score (nSPS) is 16.2. The molecule has 0 spiro atoms. The molecule has 158 valence electrons. The Hall–Kier alpha value is -2.31. The molecule has 0 N–H and O–H groups in total. The van der Waals surface area contributed by atoms with E-state index in [4.69, 9.17) is 0 Å². The molecule has 1 rings (SSSR count). The number of ether oxygens (including phenoxy) is 1. The van der Waals surface area contributed by atoms with E-state index in [1.807, 2.05) is 0 Å². The number of nitrogens with zero attached hydrogens (tertiary/aromatic N) is 1. The number of para-hydroxylation sites is 1. The minimum Gasteiger partial charge on any atom is -0.303 e. The van der Waals surface area contributed by atoms with Gasteiger partial charge in [0.05, 0.1) is 0 Å². The van der Waals surface area contributed by atoms with Gasteiger partial charge < -0.3 is 4.90 Å². The van der Waals surface area contributed by atoms with Crippen LogP contribution < -0.4 is 4.90 Å². The van der Waals surface area contributed by atoms with Crippen molar-refractivity contribution in [3.8, 4) is 0 Å². The molecule has 0 aliphatic rings. The van der Waals surface area contributed by atoms with Gasteiger partial charge in [0, 0.05) is 12.2 Å². The van der Waals surface area contributed by atoms with E-state index < -0.39 is 48.6 Å². The van der Waals surface area contributed by atoms with Crippen LogP contribution in [0.4, 0.5) is 49.6 Å². The quantitative estimate of drug-likeness (QED) is 0.456. The van der Waals surface area contributed by atoms with Gasteiger partial charge in [-0.3, -0.25) is 9.53 Å². The number of halogens is 10. The molecule has 0 aliphatic heterocycles. The van der Waals surface area contributed by atoms with Gasteiger partial charge in [-0.1, -0.05) is 24.3 Å². The summed E-state index contributed by atoms with van der Waals surface area (Å²) in [5, 5.41) is 0. The predicted molar refractivity (Wildman–Crippen MR) is 75.9 cm³/mol. The minimum absolute atomic E-state index is 0.0581. The monoisotopic (exact) mass is 427 g/mol. The summed E-state index contributed by atoms with van der Waals surface area (Å²) in [7, 11) is 0. The first kappa shape index (κ1) is 23.7. The van der Waals surface area contributed by atoms with Gasteiger partial charge in [0.25, 0.3) is 6.17 Å². The summed E-state index contributed by atoms with van der Waals surface area (Å²) in [6.07, 6.45) is -23.9.